The Morgan fingerprint density at radius 1 is 1.07 bits per heavy atom. The van der Waals surface area contributed by atoms with E-state index >= 15 is 0 Å². The van der Waals surface area contributed by atoms with Gasteiger partial charge in [0.15, 0.2) is 18.1 Å². The lowest BCUT2D eigenvalue weighted by Crippen LogP contribution is -2.25. The van der Waals surface area contributed by atoms with Gasteiger partial charge in [0.25, 0.3) is 5.91 Å². The molecular formula is C18H15F2NO5S. The normalized spacial score (nSPS) is 13.9. The molecule has 0 spiro atoms. The van der Waals surface area contributed by atoms with Gasteiger partial charge in [0.1, 0.15) is 0 Å². The van der Waals surface area contributed by atoms with Crippen LogP contribution in [0.3, 0.4) is 0 Å². The number of hydrogen-bond acceptors (Lipinski definition) is 6. The maximum absolute atomic E-state index is 13.0. The van der Waals surface area contributed by atoms with Gasteiger partial charge in [0, 0.05) is 22.4 Å². The van der Waals surface area contributed by atoms with Crippen molar-refractivity contribution in [2.24, 2.45) is 0 Å². The first-order valence-corrected chi connectivity index (χ1v) is 8.93. The molecule has 1 aliphatic heterocycles. The first kappa shape index (κ1) is 19.0. The molecule has 2 aromatic carbocycles. The van der Waals surface area contributed by atoms with E-state index in [0.29, 0.717) is 5.75 Å². The molecule has 0 aromatic heterocycles. The number of carbonyl (C=O) groups is 2. The number of halogens is 2. The van der Waals surface area contributed by atoms with E-state index in [4.69, 9.17) is 4.74 Å². The van der Waals surface area contributed by atoms with Crippen LogP contribution in [0, 0.1) is 0 Å². The summed E-state index contributed by atoms with van der Waals surface area (Å²) < 4.78 is 39.4. The maximum atomic E-state index is 13.0. The summed E-state index contributed by atoms with van der Waals surface area (Å²) >= 11 is 1.51. The van der Waals surface area contributed by atoms with Crippen molar-refractivity contribution in [3.63, 3.8) is 0 Å². The molecule has 6 nitrogen and oxygen atoms in total. The number of amides is 1. The summed E-state index contributed by atoms with van der Waals surface area (Å²) in [6, 6.07) is 13.4. The molecule has 0 radical (unpaired) electrons. The van der Waals surface area contributed by atoms with Crippen LogP contribution >= 0.6 is 11.8 Å². The SMILES string of the molecule is O=C(COC(=O)CCSc1ccccc1)Nc1ccc2c(c1)OC(F)(F)O2. The number of rotatable bonds is 7. The van der Waals surface area contributed by atoms with Crippen molar-refractivity contribution >= 4 is 29.3 Å². The second kappa shape index (κ2) is 8.26. The van der Waals surface area contributed by atoms with Crippen molar-refractivity contribution in [2.75, 3.05) is 17.7 Å². The van der Waals surface area contributed by atoms with Crippen LogP contribution in [-0.2, 0) is 14.3 Å². The van der Waals surface area contributed by atoms with Crippen LogP contribution in [0.5, 0.6) is 11.5 Å². The van der Waals surface area contributed by atoms with E-state index in [9.17, 15) is 18.4 Å². The Bertz CT molecular complexity index is 832. The van der Waals surface area contributed by atoms with E-state index in [1.165, 1.54) is 30.0 Å². The number of thioether (sulfide) groups is 1. The summed E-state index contributed by atoms with van der Waals surface area (Å²) in [5, 5.41) is 2.43. The van der Waals surface area contributed by atoms with Gasteiger partial charge in [-0.25, -0.2) is 0 Å². The summed E-state index contributed by atoms with van der Waals surface area (Å²) in [5.74, 6) is -0.877. The van der Waals surface area contributed by atoms with Crippen molar-refractivity contribution in [3.8, 4) is 11.5 Å². The Balaban J connectivity index is 1.39. The van der Waals surface area contributed by atoms with E-state index in [2.05, 4.69) is 14.8 Å². The molecule has 0 saturated carbocycles. The van der Waals surface area contributed by atoms with Crippen LogP contribution in [0.1, 0.15) is 6.42 Å². The predicted octanol–water partition coefficient (Wildman–Crippen LogP) is 3.67. The molecule has 142 valence electrons. The average molecular weight is 395 g/mol. The predicted molar refractivity (Wildman–Crippen MR) is 94.0 cm³/mol. The van der Waals surface area contributed by atoms with Gasteiger partial charge in [0.05, 0.1) is 6.42 Å². The van der Waals surface area contributed by atoms with Crippen LogP contribution < -0.4 is 14.8 Å². The Morgan fingerprint density at radius 2 is 1.81 bits per heavy atom. The third-order valence-corrected chi connectivity index (χ3v) is 4.38. The number of benzene rings is 2. The van der Waals surface area contributed by atoms with Gasteiger partial charge in [-0.15, -0.1) is 20.5 Å². The van der Waals surface area contributed by atoms with Crippen molar-refractivity contribution in [2.45, 2.75) is 17.6 Å². The fraction of sp³-hybridized carbons (Fsp3) is 0.222. The fourth-order valence-corrected chi connectivity index (χ4v) is 3.06. The summed E-state index contributed by atoms with van der Waals surface area (Å²) in [6.45, 7) is -0.473. The van der Waals surface area contributed by atoms with E-state index in [1.807, 2.05) is 30.3 Å². The molecule has 1 amide bonds. The number of ether oxygens (including phenoxy) is 3. The van der Waals surface area contributed by atoms with Gasteiger partial charge >= 0.3 is 12.3 Å². The lowest BCUT2D eigenvalue weighted by atomic mass is 10.3. The summed E-state index contributed by atoms with van der Waals surface area (Å²) in [6.07, 6.45) is -3.57. The van der Waals surface area contributed by atoms with Gasteiger partial charge < -0.3 is 19.5 Å². The minimum atomic E-state index is -3.72. The van der Waals surface area contributed by atoms with Gasteiger partial charge in [-0.05, 0) is 24.3 Å². The van der Waals surface area contributed by atoms with Crippen LogP contribution in [0.15, 0.2) is 53.4 Å². The lowest BCUT2D eigenvalue weighted by molar-refractivity contribution is -0.286. The number of nitrogens with one attached hydrogen (secondary N) is 1. The lowest BCUT2D eigenvalue weighted by Gasteiger charge is -2.07. The largest absolute Gasteiger partial charge is 0.586 e. The highest BCUT2D eigenvalue weighted by Crippen LogP contribution is 2.42. The minimum absolute atomic E-state index is 0.125. The maximum Gasteiger partial charge on any atom is 0.586 e. The summed E-state index contributed by atoms with van der Waals surface area (Å²) in [7, 11) is 0. The Morgan fingerprint density at radius 3 is 2.59 bits per heavy atom. The monoisotopic (exact) mass is 395 g/mol. The van der Waals surface area contributed by atoms with E-state index < -0.39 is 24.8 Å². The van der Waals surface area contributed by atoms with Crippen LogP contribution in [-0.4, -0.2) is 30.5 Å². The number of hydrogen-bond donors (Lipinski definition) is 1. The van der Waals surface area contributed by atoms with Crippen molar-refractivity contribution in [1.29, 1.82) is 0 Å². The molecule has 1 N–H and O–H groups in total. The number of anilines is 1. The van der Waals surface area contributed by atoms with E-state index in [1.54, 1.807) is 0 Å². The van der Waals surface area contributed by atoms with Gasteiger partial charge in [-0.3, -0.25) is 9.59 Å². The zero-order valence-electron chi connectivity index (χ0n) is 13.9. The molecule has 1 aliphatic rings. The standard InChI is InChI=1S/C18H15F2NO5S/c19-18(20)25-14-7-6-12(10-15(14)26-18)21-16(22)11-24-17(23)8-9-27-13-4-2-1-3-5-13/h1-7,10H,8-9,11H2,(H,21,22). The number of esters is 1. The Hall–Kier alpha value is -2.81. The fourth-order valence-electron chi connectivity index (χ4n) is 2.21. The molecule has 1 heterocycles. The quantitative estimate of drug-likeness (QED) is 0.570. The second-order valence-corrected chi connectivity index (χ2v) is 6.62. The Labute approximate surface area is 157 Å². The third-order valence-electron chi connectivity index (χ3n) is 3.37. The van der Waals surface area contributed by atoms with E-state index in [0.717, 1.165) is 4.90 Å². The average Bonchev–Trinajstić information content (AvgIpc) is 2.94. The zero-order valence-corrected chi connectivity index (χ0v) is 14.8. The molecule has 0 atom stereocenters. The third kappa shape index (κ3) is 5.58. The first-order valence-electron chi connectivity index (χ1n) is 7.94. The summed E-state index contributed by atoms with van der Waals surface area (Å²) in [5.41, 5.74) is 0.218. The van der Waals surface area contributed by atoms with Crippen LogP contribution in [0.4, 0.5) is 14.5 Å². The molecule has 3 rings (SSSR count). The van der Waals surface area contributed by atoms with E-state index in [-0.39, 0.29) is 23.6 Å². The smallest absolute Gasteiger partial charge is 0.456 e. The number of carbonyl (C=O) groups excluding carboxylic acids is 2. The summed E-state index contributed by atoms with van der Waals surface area (Å²) in [4.78, 5) is 24.5. The molecule has 0 bridgehead atoms. The number of alkyl halides is 2. The first-order chi connectivity index (χ1) is 12.9. The molecule has 0 saturated heterocycles. The zero-order chi connectivity index (χ0) is 19.3. The van der Waals surface area contributed by atoms with Gasteiger partial charge in [-0.1, -0.05) is 18.2 Å². The van der Waals surface area contributed by atoms with Crippen molar-refractivity contribution in [1.82, 2.24) is 0 Å². The molecule has 27 heavy (non-hydrogen) atoms. The molecule has 9 heteroatoms. The van der Waals surface area contributed by atoms with Crippen molar-refractivity contribution < 1.29 is 32.6 Å². The molecule has 2 aromatic rings. The minimum Gasteiger partial charge on any atom is -0.456 e. The molecule has 0 unspecified atom stereocenters. The molecule has 0 fully saturated rings. The Kier molecular flexibility index (Phi) is 5.80. The topological polar surface area (TPSA) is 73.9 Å². The van der Waals surface area contributed by atoms with Crippen LogP contribution in [0.2, 0.25) is 0 Å². The van der Waals surface area contributed by atoms with Gasteiger partial charge in [0.2, 0.25) is 0 Å². The van der Waals surface area contributed by atoms with Crippen LogP contribution in [0.25, 0.3) is 0 Å². The van der Waals surface area contributed by atoms with Gasteiger partial charge in [-0.2, -0.15) is 0 Å². The molecular weight excluding hydrogens is 380 g/mol. The molecule has 0 aliphatic carbocycles. The van der Waals surface area contributed by atoms with Crippen molar-refractivity contribution in [3.05, 3.63) is 48.5 Å². The highest BCUT2D eigenvalue weighted by atomic mass is 32.2. The second-order valence-electron chi connectivity index (χ2n) is 5.45. The highest BCUT2D eigenvalue weighted by molar-refractivity contribution is 7.99. The number of fused-ring (bicyclic) bond motifs is 1. The highest BCUT2D eigenvalue weighted by Gasteiger charge is 2.43.